The average Bonchev–Trinajstić information content (AvgIpc) is 2.10. The average molecular weight is 197 g/mol. The summed E-state index contributed by atoms with van der Waals surface area (Å²) in [7, 11) is 0. The Hall–Kier alpha value is -1.61. The van der Waals surface area contributed by atoms with Crippen LogP contribution >= 0.6 is 0 Å². The lowest BCUT2D eigenvalue weighted by Crippen LogP contribution is -1.91. The van der Waals surface area contributed by atoms with E-state index in [1.54, 1.807) is 0 Å². The molecular formula is C9H9F2N3. The molecule has 1 aromatic carbocycles. The molecule has 1 aromatic rings. The van der Waals surface area contributed by atoms with Crippen molar-refractivity contribution < 1.29 is 8.78 Å². The Morgan fingerprint density at radius 2 is 1.79 bits per heavy atom. The zero-order chi connectivity index (χ0) is 10.7. The maximum atomic E-state index is 13.2. The highest BCUT2D eigenvalue weighted by atomic mass is 19.1. The summed E-state index contributed by atoms with van der Waals surface area (Å²) in [6.45, 7) is 3.64. The molecule has 5 heteroatoms. The SMILES string of the molecule is CC(C)c1cc(F)c(N=[N+]=[N-])c(F)c1. The summed E-state index contributed by atoms with van der Waals surface area (Å²) < 4.78 is 26.3. The van der Waals surface area contributed by atoms with Gasteiger partial charge in [0.15, 0.2) is 0 Å². The quantitative estimate of drug-likeness (QED) is 0.390. The van der Waals surface area contributed by atoms with E-state index in [0.717, 1.165) is 0 Å². The second-order valence-electron chi connectivity index (χ2n) is 3.18. The Labute approximate surface area is 80.0 Å². The van der Waals surface area contributed by atoms with E-state index in [4.69, 9.17) is 5.53 Å². The molecule has 0 aliphatic rings. The fourth-order valence-electron chi connectivity index (χ4n) is 1.06. The van der Waals surface area contributed by atoms with Crippen molar-refractivity contribution in [1.29, 1.82) is 0 Å². The minimum Gasteiger partial charge on any atom is -0.206 e. The molecule has 0 fully saturated rings. The van der Waals surface area contributed by atoms with E-state index in [1.807, 2.05) is 13.8 Å². The summed E-state index contributed by atoms with van der Waals surface area (Å²) in [6.07, 6.45) is 0. The van der Waals surface area contributed by atoms with Crippen molar-refractivity contribution in [3.63, 3.8) is 0 Å². The van der Waals surface area contributed by atoms with Crippen LogP contribution in [0.3, 0.4) is 0 Å². The highest BCUT2D eigenvalue weighted by Gasteiger charge is 2.10. The molecule has 0 saturated heterocycles. The molecule has 3 nitrogen and oxygen atoms in total. The van der Waals surface area contributed by atoms with E-state index in [0.29, 0.717) is 5.56 Å². The Morgan fingerprint density at radius 1 is 1.29 bits per heavy atom. The maximum absolute atomic E-state index is 13.2. The first-order valence-electron chi connectivity index (χ1n) is 4.10. The zero-order valence-electron chi connectivity index (χ0n) is 7.83. The molecule has 1 rings (SSSR count). The third-order valence-electron chi connectivity index (χ3n) is 1.85. The van der Waals surface area contributed by atoms with Crippen LogP contribution in [0.4, 0.5) is 14.5 Å². The summed E-state index contributed by atoms with van der Waals surface area (Å²) in [5, 5.41) is 2.94. The lowest BCUT2D eigenvalue weighted by atomic mass is 10.0. The molecule has 0 amide bonds. The largest absolute Gasteiger partial charge is 0.206 e. The van der Waals surface area contributed by atoms with Crippen molar-refractivity contribution in [3.8, 4) is 0 Å². The fraction of sp³-hybridized carbons (Fsp3) is 0.333. The molecule has 0 N–H and O–H groups in total. The Bertz CT molecular complexity index is 372. The third-order valence-corrected chi connectivity index (χ3v) is 1.85. The van der Waals surface area contributed by atoms with E-state index in [9.17, 15) is 8.78 Å². The molecule has 0 atom stereocenters. The van der Waals surface area contributed by atoms with Crippen LogP contribution in [0.15, 0.2) is 17.2 Å². The first-order valence-corrected chi connectivity index (χ1v) is 4.10. The van der Waals surface area contributed by atoms with Gasteiger partial charge in [-0.1, -0.05) is 19.0 Å². The van der Waals surface area contributed by atoms with Gasteiger partial charge in [0.25, 0.3) is 0 Å². The number of nitrogens with zero attached hydrogens (tertiary/aromatic N) is 3. The standard InChI is InChI=1S/C9H9F2N3/c1-5(2)6-3-7(10)9(13-14-12)8(11)4-6/h3-5H,1-2H3. The number of azide groups is 1. The highest BCUT2D eigenvalue weighted by Crippen LogP contribution is 2.26. The summed E-state index contributed by atoms with van der Waals surface area (Å²) in [6, 6.07) is 2.36. The third kappa shape index (κ3) is 2.00. The molecule has 0 spiro atoms. The second kappa shape index (κ2) is 4.07. The molecule has 0 radical (unpaired) electrons. The zero-order valence-corrected chi connectivity index (χ0v) is 7.83. The van der Waals surface area contributed by atoms with Crippen molar-refractivity contribution in [2.45, 2.75) is 19.8 Å². The maximum Gasteiger partial charge on any atom is 0.136 e. The summed E-state index contributed by atoms with van der Waals surface area (Å²) in [4.78, 5) is 2.35. The molecule has 74 valence electrons. The van der Waals surface area contributed by atoms with Crippen LogP contribution < -0.4 is 0 Å². The van der Waals surface area contributed by atoms with Gasteiger partial charge in [0.1, 0.15) is 17.3 Å². The lowest BCUT2D eigenvalue weighted by molar-refractivity contribution is 0.580. The minimum atomic E-state index is -0.827. The second-order valence-corrected chi connectivity index (χ2v) is 3.18. The molecule has 0 saturated carbocycles. The number of hydrogen-bond donors (Lipinski definition) is 0. The summed E-state index contributed by atoms with van der Waals surface area (Å²) in [5.41, 5.74) is 8.04. The van der Waals surface area contributed by atoms with Crippen molar-refractivity contribution in [2.75, 3.05) is 0 Å². The van der Waals surface area contributed by atoms with E-state index < -0.39 is 17.3 Å². The molecule has 0 aliphatic carbocycles. The van der Waals surface area contributed by atoms with Crippen molar-refractivity contribution in [1.82, 2.24) is 0 Å². The first kappa shape index (κ1) is 10.5. The van der Waals surface area contributed by atoms with Crippen LogP contribution in [-0.2, 0) is 0 Å². The highest BCUT2D eigenvalue weighted by molar-refractivity contribution is 5.43. The molecular weight excluding hydrogens is 188 g/mol. The molecule has 0 aliphatic heterocycles. The van der Waals surface area contributed by atoms with Gasteiger partial charge in [-0.3, -0.25) is 0 Å². The van der Waals surface area contributed by atoms with E-state index in [1.165, 1.54) is 12.1 Å². The monoisotopic (exact) mass is 197 g/mol. The van der Waals surface area contributed by atoms with Gasteiger partial charge in [0.05, 0.1) is 0 Å². The van der Waals surface area contributed by atoms with Gasteiger partial charge in [-0.25, -0.2) is 8.78 Å². The van der Waals surface area contributed by atoms with Gasteiger partial charge >= 0.3 is 0 Å². The Kier molecular flexibility index (Phi) is 3.04. The number of halogens is 2. The van der Waals surface area contributed by atoms with Gasteiger partial charge in [0.2, 0.25) is 0 Å². The number of rotatable bonds is 2. The van der Waals surface area contributed by atoms with Gasteiger partial charge in [-0.15, -0.1) is 0 Å². The smallest absolute Gasteiger partial charge is 0.136 e. The number of hydrogen-bond acceptors (Lipinski definition) is 1. The van der Waals surface area contributed by atoms with Crippen LogP contribution in [0.2, 0.25) is 0 Å². The van der Waals surface area contributed by atoms with Gasteiger partial charge in [-0.2, -0.15) is 0 Å². The van der Waals surface area contributed by atoms with Crippen LogP contribution in [0.5, 0.6) is 0 Å². The molecule has 0 bridgehead atoms. The van der Waals surface area contributed by atoms with Crippen LogP contribution in [0.25, 0.3) is 10.4 Å². The molecule has 0 aromatic heterocycles. The Morgan fingerprint density at radius 3 is 2.14 bits per heavy atom. The fourth-order valence-corrected chi connectivity index (χ4v) is 1.06. The van der Waals surface area contributed by atoms with E-state index >= 15 is 0 Å². The van der Waals surface area contributed by atoms with E-state index in [2.05, 4.69) is 10.0 Å². The van der Waals surface area contributed by atoms with Crippen molar-refractivity contribution in [3.05, 3.63) is 39.8 Å². The molecule has 0 heterocycles. The van der Waals surface area contributed by atoms with Crippen molar-refractivity contribution in [2.24, 2.45) is 5.11 Å². The summed E-state index contributed by atoms with van der Waals surface area (Å²) in [5.74, 6) is -1.63. The topological polar surface area (TPSA) is 48.8 Å². The number of benzene rings is 1. The molecule has 0 unspecified atom stereocenters. The van der Waals surface area contributed by atoms with Gasteiger partial charge < -0.3 is 0 Å². The predicted molar refractivity (Wildman–Crippen MR) is 49.3 cm³/mol. The predicted octanol–water partition coefficient (Wildman–Crippen LogP) is 4.03. The first-order chi connectivity index (χ1) is 6.56. The normalized spacial score (nSPS) is 10.1. The van der Waals surface area contributed by atoms with Crippen LogP contribution in [-0.4, -0.2) is 0 Å². The van der Waals surface area contributed by atoms with Gasteiger partial charge in [0, 0.05) is 4.91 Å². The lowest BCUT2D eigenvalue weighted by Gasteiger charge is -2.07. The summed E-state index contributed by atoms with van der Waals surface area (Å²) >= 11 is 0. The van der Waals surface area contributed by atoms with Gasteiger partial charge in [-0.05, 0) is 29.1 Å². The van der Waals surface area contributed by atoms with Crippen LogP contribution in [0, 0.1) is 11.6 Å². The Balaban J connectivity index is 3.31. The minimum absolute atomic E-state index is 0.0270. The van der Waals surface area contributed by atoms with Crippen LogP contribution in [0.1, 0.15) is 25.3 Å². The molecule has 14 heavy (non-hydrogen) atoms. The van der Waals surface area contributed by atoms with Crippen molar-refractivity contribution >= 4 is 5.69 Å². The van der Waals surface area contributed by atoms with E-state index in [-0.39, 0.29) is 5.92 Å².